The van der Waals surface area contributed by atoms with Gasteiger partial charge in [0.05, 0.1) is 15.5 Å². The van der Waals surface area contributed by atoms with Crippen molar-refractivity contribution in [2.24, 2.45) is 4.99 Å². The third-order valence-corrected chi connectivity index (χ3v) is 5.23. The van der Waals surface area contributed by atoms with E-state index in [0.29, 0.717) is 32.1 Å². The number of aromatic amines is 1. The number of aliphatic imine (C=N–C) groups is 1. The summed E-state index contributed by atoms with van der Waals surface area (Å²) in [4.78, 5) is 20.3. The van der Waals surface area contributed by atoms with E-state index in [2.05, 4.69) is 20.2 Å². The number of nitrogens with zero attached hydrogens (tertiary/aromatic N) is 4. The van der Waals surface area contributed by atoms with Crippen LogP contribution in [0.4, 0.5) is 11.4 Å². The Morgan fingerprint density at radius 3 is 2.67 bits per heavy atom. The Labute approximate surface area is 181 Å². The van der Waals surface area contributed by atoms with Gasteiger partial charge in [0.15, 0.2) is 5.82 Å². The van der Waals surface area contributed by atoms with E-state index < -0.39 is 4.92 Å². The van der Waals surface area contributed by atoms with Gasteiger partial charge in [-0.15, -0.1) is 5.10 Å². The highest BCUT2D eigenvalue weighted by molar-refractivity contribution is 7.99. The van der Waals surface area contributed by atoms with E-state index >= 15 is 0 Å². The van der Waals surface area contributed by atoms with Gasteiger partial charge < -0.3 is 0 Å². The smallest absolute Gasteiger partial charge is 0.258 e. The minimum atomic E-state index is -0.427. The minimum Gasteiger partial charge on any atom is -0.258 e. The Kier molecular flexibility index (Phi) is 5.87. The van der Waals surface area contributed by atoms with Crippen molar-refractivity contribution in [3.63, 3.8) is 0 Å². The van der Waals surface area contributed by atoms with Crippen LogP contribution in [-0.4, -0.2) is 26.3 Å². The number of hydrogen-bond acceptors (Lipinski definition) is 6. The number of rotatable bonds is 6. The number of benzene rings is 3. The molecule has 0 atom stereocenters. The van der Waals surface area contributed by atoms with Crippen molar-refractivity contribution in [2.45, 2.75) is 10.1 Å². The molecule has 1 aromatic heterocycles. The molecule has 30 heavy (non-hydrogen) atoms. The highest BCUT2D eigenvalue weighted by atomic mass is 35.5. The number of hydrogen-bond donors (Lipinski definition) is 1. The average molecular weight is 436 g/mol. The molecule has 0 amide bonds. The molecule has 0 aliphatic rings. The molecule has 0 aliphatic carbocycles. The largest absolute Gasteiger partial charge is 0.283 e. The van der Waals surface area contributed by atoms with Crippen molar-refractivity contribution in [1.82, 2.24) is 15.2 Å². The van der Waals surface area contributed by atoms with Crippen molar-refractivity contribution >= 4 is 41.0 Å². The molecule has 0 unspecified atom stereocenters. The topological polar surface area (TPSA) is 97.1 Å². The molecule has 0 aliphatic heterocycles. The predicted octanol–water partition coefficient (Wildman–Crippen LogP) is 5.94. The van der Waals surface area contributed by atoms with Gasteiger partial charge in [0.1, 0.15) is 0 Å². The Bertz CT molecular complexity index is 1230. The highest BCUT2D eigenvalue weighted by Crippen LogP contribution is 2.34. The van der Waals surface area contributed by atoms with Crippen LogP contribution in [0.25, 0.3) is 11.4 Å². The molecule has 1 heterocycles. The maximum atomic E-state index is 11.6. The summed E-state index contributed by atoms with van der Waals surface area (Å²) in [5, 5.41) is 19.6. The fourth-order valence-electron chi connectivity index (χ4n) is 2.66. The molecule has 4 aromatic rings. The maximum Gasteiger partial charge on any atom is 0.283 e. The summed E-state index contributed by atoms with van der Waals surface area (Å²) in [7, 11) is 0. The molecule has 0 saturated heterocycles. The van der Waals surface area contributed by atoms with Crippen LogP contribution in [0.3, 0.4) is 0 Å². The molecular formula is C21H14ClN5O2S. The van der Waals surface area contributed by atoms with Gasteiger partial charge in [0.25, 0.3) is 5.69 Å². The summed E-state index contributed by atoms with van der Waals surface area (Å²) in [5.41, 5.74) is 2.11. The van der Waals surface area contributed by atoms with Crippen molar-refractivity contribution in [3.05, 3.63) is 93.5 Å². The van der Waals surface area contributed by atoms with Crippen LogP contribution in [0.15, 0.2) is 87.8 Å². The number of aromatic nitrogens is 3. The molecule has 0 fully saturated rings. The monoisotopic (exact) mass is 435 g/mol. The molecule has 0 bridgehead atoms. The Morgan fingerprint density at radius 1 is 1.07 bits per heavy atom. The standard InChI is InChI=1S/C21H14ClN5O2S/c22-16-7-4-8-17(12-16)23-13-14-9-10-19(18(11-14)27(28)29)30-21-24-20(25-26-21)15-5-2-1-3-6-15/h1-13H,(H,24,25,26). The van der Waals surface area contributed by atoms with E-state index in [1.165, 1.54) is 6.07 Å². The summed E-state index contributed by atoms with van der Waals surface area (Å²) in [6.45, 7) is 0. The molecule has 7 nitrogen and oxygen atoms in total. The first-order valence-corrected chi connectivity index (χ1v) is 10.0. The second-order valence-electron chi connectivity index (χ2n) is 6.16. The van der Waals surface area contributed by atoms with Crippen LogP contribution in [-0.2, 0) is 0 Å². The predicted molar refractivity (Wildman–Crippen MR) is 118 cm³/mol. The van der Waals surface area contributed by atoms with Crippen LogP contribution in [0.1, 0.15) is 5.56 Å². The second-order valence-corrected chi connectivity index (χ2v) is 7.60. The SMILES string of the molecule is O=[N+]([O-])c1cc(C=Nc2cccc(Cl)c2)ccc1Sc1n[nH]c(-c2ccccc2)n1. The first kappa shape index (κ1) is 19.8. The molecule has 148 valence electrons. The van der Waals surface area contributed by atoms with E-state index in [1.807, 2.05) is 30.3 Å². The van der Waals surface area contributed by atoms with Gasteiger partial charge in [-0.05, 0) is 41.6 Å². The third kappa shape index (κ3) is 4.73. The first-order chi connectivity index (χ1) is 14.6. The zero-order chi connectivity index (χ0) is 20.9. The minimum absolute atomic E-state index is 0.0406. The van der Waals surface area contributed by atoms with Crippen LogP contribution in [0, 0.1) is 10.1 Å². The fraction of sp³-hybridized carbons (Fsp3) is 0. The molecule has 9 heteroatoms. The van der Waals surface area contributed by atoms with Crippen LogP contribution >= 0.6 is 23.4 Å². The third-order valence-electron chi connectivity index (χ3n) is 4.06. The number of nitrogens with one attached hydrogen (secondary N) is 1. The normalized spacial score (nSPS) is 11.1. The van der Waals surface area contributed by atoms with E-state index in [0.717, 1.165) is 17.3 Å². The molecule has 0 saturated carbocycles. The van der Waals surface area contributed by atoms with Crippen LogP contribution in [0.2, 0.25) is 5.02 Å². The van der Waals surface area contributed by atoms with E-state index in [4.69, 9.17) is 11.6 Å². The fourth-order valence-corrected chi connectivity index (χ4v) is 3.65. The molecule has 0 radical (unpaired) electrons. The lowest BCUT2D eigenvalue weighted by Crippen LogP contribution is -1.93. The number of halogens is 1. The Balaban J connectivity index is 1.57. The number of nitro groups is 1. The van der Waals surface area contributed by atoms with E-state index in [9.17, 15) is 10.1 Å². The second kappa shape index (κ2) is 8.89. The van der Waals surface area contributed by atoms with Crippen LogP contribution in [0.5, 0.6) is 0 Å². The number of H-pyrrole nitrogens is 1. The summed E-state index contributed by atoms with van der Waals surface area (Å²) < 4.78 is 0. The van der Waals surface area contributed by atoms with Gasteiger partial charge in [-0.3, -0.25) is 20.2 Å². The first-order valence-electron chi connectivity index (χ1n) is 8.82. The van der Waals surface area contributed by atoms with Crippen LogP contribution < -0.4 is 0 Å². The van der Waals surface area contributed by atoms with Gasteiger partial charge >= 0.3 is 0 Å². The average Bonchev–Trinajstić information content (AvgIpc) is 3.22. The van der Waals surface area contributed by atoms with Gasteiger partial charge in [-0.2, -0.15) is 0 Å². The van der Waals surface area contributed by atoms with Crippen molar-refractivity contribution in [2.75, 3.05) is 0 Å². The quantitative estimate of drug-likeness (QED) is 0.230. The zero-order valence-electron chi connectivity index (χ0n) is 15.4. The van der Waals surface area contributed by atoms with Gasteiger partial charge in [-0.1, -0.05) is 54.1 Å². The van der Waals surface area contributed by atoms with Gasteiger partial charge in [0.2, 0.25) is 5.16 Å². The highest BCUT2D eigenvalue weighted by Gasteiger charge is 2.18. The van der Waals surface area contributed by atoms with E-state index in [-0.39, 0.29) is 5.69 Å². The lowest BCUT2D eigenvalue weighted by molar-refractivity contribution is -0.387. The van der Waals surface area contributed by atoms with Gasteiger partial charge in [0, 0.05) is 22.9 Å². The summed E-state index contributed by atoms with van der Waals surface area (Å²) in [6, 6.07) is 21.5. The summed E-state index contributed by atoms with van der Waals surface area (Å²) >= 11 is 7.08. The van der Waals surface area contributed by atoms with Gasteiger partial charge in [-0.25, -0.2) is 4.98 Å². The lowest BCUT2D eigenvalue weighted by Gasteiger charge is -2.01. The molecule has 0 spiro atoms. The Hall–Kier alpha value is -3.49. The summed E-state index contributed by atoms with van der Waals surface area (Å²) in [5.74, 6) is 0.603. The van der Waals surface area contributed by atoms with Crippen molar-refractivity contribution < 1.29 is 4.92 Å². The maximum absolute atomic E-state index is 11.6. The Morgan fingerprint density at radius 2 is 1.90 bits per heavy atom. The molecule has 3 aromatic carbocycles. The number of nitro benzene ring substituents is 1. The lowest BCUT2D eigenvalue weighted by atomic mass is 10.2. The van der Waals surface area contributed by atoms with E-state index in [1.54, 1.807) is 42.6 Å². The molecule has 4 rings (SSSR count). The molecule has 1 N–H and O–H groups in total. The molecular weight excluding hydrogens is 422 g/mol. The summed E-state index contributed by atoms with van der Waals surface area (Å²) in [6.07, 6.45) is 1.56. The van der Waals surface area contributed by atoms with Crippen molar-refractivity contribution in [3.8, 4) is 11.4 Å². The zero-order valence-corrected chi connectivity index (χ0v) is 17.0. The van der Waals surface area contributed by atoms with Crippen molar-refractivity contribution in [1.29, 1.82) is 0 Å².